The van der Waals surface area contributed by atoms with Gasteiger partial charge in [-0.3, -0.25) is 4.90 Å². The quantitative estimate of drug-likeness (QED) is 0.334. The van der Waals surface area contributed by atoms with Gasteiger partial charge in [0.25, 0.3) is 0 Å². The van der Waals surface area contributed by atoms with Crippen LogP contribution < -0.4 is 10.6 Å². The smallest absolute Gasteiger partial charge is 0.128 e. The lowest BCUT2D eigenvalue weighted by Crippen LogP contribution is -2.50. The van der Waals surface area contributed by atoms with Crippen molar-refractivity contribution in [2.45, 2.75) is 56.9 Å². The SMILES string of the molecule is CC(C1NCCC1c1ccc(Cl)c(Cl)c1)N1CCCNCC1c1nc2ccccc2n1CCn1ccnc1. The van der Waals surface area contributed by atoms with Crippen molar-refractivity contribution >= 4 is 34.2 Å². The van der Waals surface area contributed by atoms with Gasteiger partial charge < -0.3 is 19.8 Å². The number of hydrogen-bond acceptors (Lipinski definition) is 5. The third-order valence-electron chi connectivity index (χ3n) is 8.31. The van der Waals surface area contributed by atoms with Crippen molar-refractivity contribution in [1.82, 2.24) is 34.6 Å². The zero-order valence-electron chi connectivity index (χ0n) is 21.7. The Morgan fingerprint density at radius 3 is 2.82 bits per heavy atom. The first-order chi connectivity index (χ1) is 18.6. The number of para-hydroxylation sites is 2. The van der Waals surface area contributed by atoms with Gasteiger partial charge in [-0.25, -0.2) is 9.97 Å². The number of rotatable bonds is 7. The van der Waals surface area contributed by atoms with Gasteiger partial charge in [0, 0.05) is 56.6 Å². The molecule has 2 aliphatic heterocycles. The largest absolute Gasteiger partial charge is 0.336 e. The van der Waals surface area contributed by atoms with Gasteiger partial charge in [0.2, 0.25) is 0 Å². The summed E-state index contributed by atoms with van der Waals surface area (Å²) in [6, 6.07) is 15.4. The van der Waals surface area contributed by atoms with E-state index in [4.69, 9.17) is 28.2 Å². The first kappa shape index (κ1) is 25.8. The van der Waals surface area contributed by atoms with Crippen molar-refractivity contribution in [2.75, 3.05) is 26.2 Å². The second-order valence-electron chi connectivity index (χ2n) is 10.5. The third-order valence-corrected chi connectivity index (χ3v) is 9.05. The molecule has 38 heavy (non-hydrogen) atoms. The minimum absolute atomic E-state index is 0.166. The van der Waals surface area contributed by atoms with E-state index in [1.807, 2.05) is 24.8 Å². The summed E-state index contributed by atoms with van der Waals surface area (Å²) in [5.41, 5.74) is 3.50. The fourth-order valence-corrected chi connectivity index (χ4v) is 6.71. The van der Waals surface area contributed by atoms with Crippen LogP contribution in [0.2, 0.25) is 10.0 Å². The maximum Gasteiger partial charge on any atom is 0.128 e. The van der Waals surface area contributed by atoms with Crippen LogP contribution in [0.4, 0.5) is 0 Å². The van der Waals surface area contributed by atoms with Gasteiger partial charge in [-0.15, -0.1) is 0 Å². The molecule has 0 spiro atoms. The maximum atomic E-state index is 6.43. The summed E-state index contributed by atoms with van der Waals surface area (Å²) in [5.74, 6) is 1.52. The Hall–Kier alpha value is -2.42. The third kappa shape index (κ3) is 5.10. The highest BCUT2D eigenvalue weighted by atomic mass is 35.5. The number of hydrogen-bond donors (Lipinski definition) is 2. The Bertz CT molecular complexity index is 1370. The minimum atomic E-state index is 0.166. The molecular formula is C29H35Cl2N7. The fourth-order valence-electron chi connectivity index (χ4n) is 6.40. The highest BCUT2D eigenvalue weighted by Gasteiger charge is 2.39. The number of aromatic nitrogens is 4. The molecule has 6 rings (SSSR count). The Kier molecular flexibility index (Phi) is 7.73. The van der Waals surface area contributed by atoms with Crippen LogP contribution in [0.1, 0.15) is 43.1 Å². The normalized spacial score (nSPS) is 23.6. The molecule has 2 aromatic carbocycles. The van der Waals surface area contributed by atoms with Crippen LogP contribution in [-0.2, 0) is 13.1 Å². The lowest BCUT2D eigenvalue weighted by atomic mass is 9.87. The van der Waals surface area contributed by atoms with E-state index in [1.165, 1.54) is 11.1 Å². The van der Waals surface area contributed by atoms with Crippen molar-refractivity contribution in [2.24, 2.45) is 0 Å². The summed E-state index contributed by atoms with van der Waals surface area (Å²) < 4.78 is 4.56. The van der Waals surface area contributed by atoms with Crippen molar-refractivity contribution in [3.63, 3.8) is 0 Å². The van der Waals surface area contributed by atoms with Crippen molar-refractivity contribution < 1.29 is 0 Å². The van der Waals surface area contributed by atoms with Crippen molar-refractivity contribution in [3.05, 3.63) is 82.6 Å². The van der Waals surface area contributed by atoms with Gasteiger partial charge in [0.05, 0.1) is 33.4 Å². The molecular weight excluding hydrogens is 517 g/mol. The van der Waals surface area contributed by atoms with E-state index >= 15 is 0 Å². The average molecular weight is 553 g/mol. The van der Waals surface area contributed by atoms with Gasteiger partial charge in [0.1, 0.15) is 5.82 Å². The highest BCUT2D eigenvalue weighted by Crippen LogP contribution is 2.37. The molecule has 2 aliphatic rings. The number of halogens is 2. The standard InChI is InChI=1S/C29H35Cl2N7/c1-20(28-22(9-11-34-28)21-7-8-23(30)24(31)17-21)37-13-4-10-32-18-27(37)29-35-25-5-2-3-6-26(25)38(29)16-15-36-14-12-33-19-36/h2-3,5-8,12,14,17,19-20,22,27-28,32,34H,4,9-11,13,15-16,18H2,1H3. The van der Waals surface area contributed by atoms with Gasteiger partial charge >= 0.3 is 0 Å². The molecule has 7 nitrogen and oxygen atoms in total. The molecule has 4 unspecified atom stereocenters. The molecule has 4 atom stereocenters. The highest BCUT2D eigenvalue weighted by molar-refractivity contribution is 6.42. The first-order valence-electron chi connectivity index (χ1n) is 13.7. The molecule has 200 valence electrons. The van der Waals surface area contributed by atoms with Crippen molar-refractivity contribution in [1.29, 1.82) is 0 Å². The number of imidazole rings is 2. The van der Waals surface area contributed by atoms with Gasteiger partial charge in [-0.05, 0) is 62.7 Å². The van der Waals surface area contributed by atoms with E-state index in [2.05, 4.69) is 73.0 Å². The lowest BCUT2D eigenvalue weighted by molar-refractivity contribution is 0.116. The fraction of sp³-hybridized carbons (Fsp3) is 0.448. The number of nitrogens with one attached hydrogen (secondary N) is 2. The Balaban J connectivity index is 1.33. The molecule has 2 saturated heterocycles. The second kappa shape index (κ2) is 11.4. The van der Waals surface area contributed by atoms with Crippen LogP contribution in [0.25, 0.3) is 11.0 Å². The van der Waals surface area contributed by atoms with Crippen LogP contribution in [0.15, 0.2) is 61.2 Å². The molecule has 4 aromatic rings. The van der Waals surface area contributed by atoms with Crippen molar-refractivity contribution in [3.8, 4) is 0 Å². The molecule has 0 aliphatic carbocycles. The molecule has 0 bridgehead atoms. The molecule has 0 saturated carbocycles. The lowest BCUT2D eigenvalue weighted by Gasteiger charge is -2.39. The van der Waals surface area contributed by atoms with Crippen LogP contribution in [0.5, 0.6) is 0 Å². The Morgan fingerprint density at radius 1 is 1.08 bits per heavy atom. The zero-order chi connectivity index (χ0) is 26.1. The maximum absolute atomic E-state index is 6.43. The summed E-state index contributed by atoms with van der Waals surface area (Å²) in [7, 11) is 0. The van der Waals surface area contributed by atoms with Gasteiger partial charge in [0.15, 0.2) is 0 Å². The molecule has 0 radical (unpaired) electrons. The molecule has 2 aromatic heterocycles. The first-order valence-corrected chi connectivity index (χ1v) is 14.4. The molecule has 2 fully saturated rings. The van der Waals surface area contributed by atoms with Crippen LogP contribution in [0.3, 0.4) is 0 Å². The summed E-state index contributed by atoms with van der Waals surface area (Å²) in [6.07, 6.45) is 7.95. The predicted octanol–water partition coefficient (Wildman–Crippen LogP) is 5.11. The predicted molar refractivity (Wildman–Crippen MR) is 154 cm³/mol. The number of nitrogens with zero attached hydrogens (tertiary/aromatic N) is 5. The molecule has 2 N–H and O–H groups in total. The summed E-state index contributed by atoms with van der Waals surface area (Å²) >= 11 is 12.7. The second-order valence-corrected chi connectivity index (χ2v) is 11.3. The van der Waals surface area contributed by atoms with Crippen LogP contribution in [0, 0.1) is 0 Å². The van der Waals surface area contributed by atoms with Crippen LogP contribution in [-0.4, -0.2) is 62.3 Å². The monoisotopic (exact) mass is 551 g/mol. The Labute approximate surface area is 234 Å². The number of aryl methyl sites for hydroxylation is 2. The van der Waals surface area contributed by atoms with E-state index in [1.54, 1.807) is 0 Å². The number of fused-ring (bicyclic) bond motifs is 1. The van der Waals surface area contributed by atoms with E-state index in [9.17, 15) is 0 Å². The van der Waals surface area contributed by atoms with E-state index < -0.39 is 0 Å². The summed E-state index contributed by atoms with van der Waals surface area (Å²) in [4.78, 5) is 12.2. The molecule has 4 heterocycles. The topological polar surface area (TPSA) is 62.9 Å². The van der Waals surface area contributed by atoms with Gasteiger partial charge in [-0.1, -0.05) is 41.4 Å². The van der Waals surface area contributed by atoms with Gasteiger partial charge in [-0.2, -0.15) is 0 Å². The summed E-state index contributed by atoms with van der Waals surface area (Å²) in [6.45, 7) is 8.00. The number of benzene rings is 2. The summed E-state index contributed by atoms with van der Waals surface area (Å²) in [5, 5.41) is 8.79. The van der Waals surface area contributed by atoms with E-state index in [0.717, 1.165) is 63.5 Å². The molecule has 9 heteroatoms. The zero-order valence-corrected chi connectivity index (χ0v) is 23.2. The minimum Gasteiger partial charge on any atom is -0.336 e. The average Bonchev–Trinajstić information content (AvgIpc) is 3.66. The van der Waals surface area contributed by atoms with Crippen LogP contribution >= 0.6 is 23.2 Å². The molecule has 0 amide bonds. The van der Waals surface area contributed by atoms with E-state index in [-0.39, 0.29) is 6.04 Å². The van der Waals surface area contributed by atoms with E-state index in [0.29, 0.717) is 28.0 Å². The Morgan fingerprint density at radius 2 is 1.97 bits per heavy atom.